The molecule has 0 bridgehead atoms. The summed E-state index contributed by atoms with van der Waals surface area (Å²) in [5.41, 5.74) is 6.31. The molecule has 0 aromatic heterocycles. The fourth-order valence-corrected chi connectivity index (χ4v) is 3.04. The Morgan fingerprint density at radius 3 is 2.55 bits per heavy atom. The zero-order chi connectivity index (χ0) is 14.5. The summed E-state index contributed by atoms with van der Waals surface area (Å²) >= 11 is 0. The molecule has 1 aromatic carbocycles. The molecule has 1 unspecified atom stereocenters. The fourth-order valence-electron chi connectivity index (χ4n) is 3.04. The van der Waals surface area contributed by atoms with Gasteiger partial charge in [0.25, 0.3) is 0 Å². The lowest BCUT2D eigenvalue weighted by Gasteiger charge is -2.31. The molecule has 0 aliphatic heterocycles. The Morgan fingerprint density at radius 1 is 1.35 bits per heavy atom. The predicted octanol–water partition coefficient (Wildman–Crippen LogP) is 2.48. The standard InChI is InChI=1S/C16H24N2O2/c1-2-14(13-5-3-4-6-15(13)19)18-12-9-7-11(8-10-12)16(17)20/h3-6,11-12,14,18-19H,2,7-10H2,1H3,(H2,17,20). The number of nitrogens with two attached hydrogens (primary N) is 1. The lowest BCUT2D eigenvalue weighted by Crippen LogP contribution is -2.38. The second-order valence-corrected chi connectivity index (χ2v) is 5.64. The number of para-hydroxylation sites is 1. The van der Waals surface area contributed by atoms with Crippen molar-refractivity contribution in [1.29, 1.82) is 0 Å². The molecule has 110 valence electrons. The largest absolute Gasteiger partial charge is 0.508 e. The third kappa shape index (κ3) is 3.51. The van der Waals surface area contributed by atoms with E-state index in [0.29, 0.717) is 11.8 Å². The second kappa shape index (κ2) is 6.75. The van der Waals surface area contributed by atoms with Crippen LogP contribution >= 0.6 is 0 Å². The van der Waals surface area contributed by atoms with E-state index in [9.17, 15) is 9.90 Å². The number of aromatic hydroxyl groups is 1. The lowest BCUT2D eigenvalue weighted by molar-refractivity contribution is -0.122. The molecule has 1 aliphatic carbocycles. The van der Waals surface area contributed by atoms with Gasteiger partial charge in [-0.2, -0.15) is 0 Å². The molecule has 1 aliphatic rings. The van der Waals surface area contributed by atoms with Crippen LogP contribution in [-0.2, 0) is 4.79 Å². The molecular formula is C16H24N2O2. The molecule has 1 atom stereocenters. The molecule has 0 heterocycles. The molecule has 4 N–H and O–H groups in total. The summed E-state index contributed by atoms with van der Waals surface area (Å²) in [6.45, 7) is 2.11. The molecule has 4 heteroatoms. The molecule has 4 nitrogen and oxygen atoms in total. The first-order valence-corrected chi connectivity index (χ1v) is 7.45. The van der Waals surface area contributed by atoms with Crippen LogP contribution in [0.2, 0.25) is 0 Å². The molecule has 1 fully saturated rings. The van der Waals surface area contributed by atoms with E-state index in [4.69, 9.17) is 5.73 Å². The van der Waals surface area contributed by atoms with Crippen LogP contribution in [0.3, 0.4) is 0 Å². The maximum Gasteiger partial charge on any atom is 0.220 e. The number of rotatable bonds is 5. The zero-order valence-corrected chi connectivity index (χ0v) is 12.0. The average molecular weight is 276 g/mol. The first-order valence-electron chi connectivity index (χ1n) is 7.45. The van der Waals surface area contributed by atoms with Crippen molar-refractivity contribution < 1.29 is 9.90 Å². The number of phenols is 1. The van der Waals surface area contributed by atoms with Crippen LogP contribution in [0, 0.1) is 5.92 Å². The Morgan fingerprint density at radius 2 is 2.00 bits per heavy atom. The Labute approximate surface area is 120 Å². The second-order valence-electron chi connectivity index (χ2n) is 5.64. The van der Waals surface area contributed by atoms with Gasteiger partial charge in [0.1, 0.15) is 5.75 Å². The van der Waals surface area contributed by atoms with E-state index in [1.807, 2.05) is 18.2 Å². The highest BCUT2D eigenvalue weighted by molar-refractivity contribution is 5.76. The summed E-state index contributed by atoms with van der Waals surface area (Å²) in [5.74, 6) is 0.215. The third-order valence-electron chi connectivity index (χ3n) is 4.29. The van der Waals surface area contributed by atoms with Crippen molar-refractivity contribution in [3.8, 4) is 5.75 Å². The van der Waals surface area contributed by atoms with Gasteiger partial charge in [-0.1, -0.05) is 25.1 Å². The first kappa shape index (κ1) is 14.9. The number of benzene rings is 1. The summed E-state index contributed by atoms with van der Waals surface area (Å²) in [6.07, 6.45) is 4.59. The van der Waals surface area contributed by atoms with E-state index in [0.717, 1.165) is 37.7 Å². The number of nitrogens with one attached hydrogen (secondary N) is 1. The minimum absolute atomic E-state index is 0.0401. The first-order chi connectivity index (χ1) is 9.61. The van der Waals surface area contributed by atoms with Crippen molar-refractivity contribution >= 4 is 5.91 Å². The van der Waals surface area contributed by atoms with Crippen LogP contribution in [0.15, 0.2) is 24.3 Å². The van der Waals surface area contributed by atoms with Crippen molar-refractivity contribution in [2.45, 2.75) is 51.1 Å². The quantitative estimate of drug-likeness (QED) is 0.773. The van der Waals surface area contributed by atoms with Gasteiger partial charge in [-0.15, -0.1) is 0 Å². The normalized spacial score (nSPS) is 24.2. The van der Waals surface area contributed by atoms with E-state index in [-0.39, 0.29) is 17.9 Å². The molecule has 1 amide bonds. The van der Waals surface area contributed by atoms with Gasteiger partial charge in [-0.05, 0) is 38.2 Å². The van der Waals surface area contributed by atoms with Gasteiger partial charge in [0.15, 0.2) is 0 Å². The minimum atomic E-state index is -0.170. The van der Waals surface area contributed by atoms with Crippen molar-refractivity contribution in [3.63, 3.8) is 0 Å². The smallest absolute Gasteiger partial charge is 0.220 e. The molecule has 0 saturated heterocycles. The SMILES string of the molecule is CCC(NC1CCC(C(N)=O)CC1)c1ccccc1O. The van der Waals surface area contributed by atoms with Crippen molar-refractivity contribution in [2.75, 3.05) is 0 Å². The van der Waals surface area contributed by atoms with E-state index < -0.39 is 0 Å². The van der Waals surface area contributed by atoms with Gasteiger partial charge in [0, 0.05) is 23.6 Å². The summed E-state index contributed by atoms with van der Waals surface area (Å²) in [5, 5.41) is 13.6. The Balaban J connectivity index is 1.95. The minimum Gasteiger partial charge on any atom is -0.508 e. The number of primary amides is 1. The number of amides is 1. The van der Waals surface area contributed by atoms with Gasteiger partial charge in [-0.3, -0.25) is 4.79 Å². The van der Waals surface area contributed by atoms with Gasteiger partial charge in [0.2, 0.25) is 5.91 Å². The van der Waals surface area contributed by atoms with E-state index in [2.05, 4.69) is 12.2 Å². The average Bonchev–Trinajstić information content (AvgIpc) is 2.46. The summed E-state index contributed by atoms with van der Waals surface area (Å²) in [6, 6.07) is 8.03. The number of carbonyl (C=O) groups is 1. The molecule has 1 aromatic rings. The van der Waals surface area contributed by atoms with Crippen molar-refractivity contribution in [1.82, 2.24) is 5.32 Å². The molecule has 0 spiro atoms. The van der Waals surface area contributed by atoms with Gasteiger partial charge in [0.05, 0.1) is 0 Å². The predicted molar refractivity (Wildman–Crippen MR) is 79.2 cm³/mol. The maximum atomic E-state index is 11.2. The van der Waals surface area contributed by atoms with Crippen molar-refractivity contribution in [3.05, 3.63) is 29.8 Å². The molecule has 1 saturated carbocycles. The number of hydrogen-bond donors (Lipinski definition) is 3. The Hall–Kier alpha value is -1.55. The van der Waals surface area contributed by atoms with Crippen LogP contribution in [0.5, 0.6) is 5.75 Å². The van der Waals surface area contributed by atoms with Crippen LogP contribution in [-0.4, -0.2) is 17.1 Å². The van der Waals surface area contributed by atoms with E-state index in [1.165, 1.54) is 0 Å². The zero-order valence-electron chi connectivity index (χ0n) is 12.0. The summed E-state index contributed by atoms with van der Waals surface area (Å²) in [7, 11) is 0. The number of carbonyl (C=O) groups excluding carboxylic acids is 1. The maximum absolute atomic E-state index is 11.2. The van der Waals surface area contributed by atoms with E-state index in [1.54, 1.807) is 6.07 Å². The van der Waals surface area contributed by atoms with Crippen LogP contribution < -0.4 is 11.1 Å². The monoisotopic (exact) mass is 276 g/mol. The fraction of sp³-hybridized carbons (Fsp3) is 0.562. The molecule has 0 radical (unpaired) electrons. The topological polar surface area (TPSA) is 75.3 Å². The third-order valence-corrected chi connectivity index (χ3v) is 4.29. The van der Waals surface area contributed by atoms with Gasteiger partial charge in [-0.25, -0.2) is 0 Å². The van der Waals surface area contributed by atoms with E-state index >= 15 is 0 Å². The number of hydrogen-bond acceptors (Lipinski definition) is 3. The Bertz CT molecular complexity index is 454. The van der Waals surface area contributed by atoms with Crippen LogP contribution in [0.4, 0.5) is 0 Å². The molecule has 2 rings (SSSR count). The van der Waals surface area contributed by atoms with Gasteiger partial charge >= 0.3 is 0 Å². The summed E-state index contributed by atoms with van der Waals surface area (Å²) < 4.78 is 0. The molecule has 20 heavy (non-hydrogen) atoms. The van der Waals surface area contributed by atoms with Crippen LogP contribution in [0.1, 0.15) is 50.6 Å². The van der Waals surface area contributed by atoms with Gasteiger partial charge < -0.3 is 16.2 Å². The highest BCUT2D eigenvalue weighted by atomic mass is 16.3. The lowest BCUT2D eigenvalue weighted by atomic mass is 9.85. The number of phenolic OH excluding ortho intramolecular Hbond substituents is 1. The van der Waals surface area contributed by atoms with Crippen molar-refractivity contribution in [2.24, 2.45) is 11.7 Å². The summed E-state index contributed by atoms with van der Waals surface area (Å²) in [4.78, 5) is 11.2. The highest BCUT2D eigenvalue weighted by Crippen LogP contribution is 2.30. The van der Waals surface area contributed by atoms with Crippen LogP contribution in [0.25, 0.3) is 0 Å². The highest BCUT2D eigenvalue weighted by Gasteiger charge is 2.26. The molecular weight excluding hydrogens is 252 g/mol. The Kier molecular flexibility index (Phi) is 5.01.